The Labute approximate surface area is 149 Å². The Morgan fingerprint density at radius 1 is 1.23 bits per heavy atom. The van der Waals surface area contributed by atoms with Gasteiger partial charge in [0.1, 0.15) is 11.9 Å². The molecule has 0 radical (unpaired) electrons. The number of nitrogens with two attached hydrogens (primary N) is 2. The van der Waals surface area contributed by atoms with Gasteiger partial charge in [-0.3, -0.25) is 19.5 Å². The van der Waals surface area contributed by atoms with Crippen LogP contribution in [-0.2, 0) is 16.0 Å². The quantitative estimate of drug-likeness (QED) is 0.751. The maximum atomic E-state index is 12.9. The second-order valence-electron chi connectivity index (χ2n) is 5.99. The maximum absolute atomic E-state index is 12.9. The van der Waals surface area contributed by atoms with Crippen LogP contribution in [0.4, 0.5) is 16.3 Å². The van der Waals surface area contributed by atoms with Crippen molar-refractivity contribution in [3.63, 3.8) is 0 Å². The second kappa shape index (κ2) is 6.79. The van der Waals surface area contributed by atoms with E-state index in [-0.39, 0.29) is 6.42 Å². The summed E-state index contributed by atoms with van der Waals surface area (Å²) in [6, 6.07) is 4.75. The molecule has 1 fully saturated rings. The smallest absolute Gasteiger partial charge is 0.322 e. The third kappa shape index (κ3) is 3.06. The highest BCUT2D eigenvalue weighted by Crippen LogP contribution is 2.32. The summed E-state index contributed by atoms with van der Waals surface area (Å²) >= 11 is 0. The number of carbonyl (C=O) groups excluding carboxylic acids is 3. The number of hydrogen-bond donors (Lipinski definition) is 2. The fourth-order valence-corrected chi connectivity index (χ4v) is 3.04. The molecular formula is C17H18N6O3. The lowest BCUT2D eigenvalue weighted by atomic mass is 9.81. The zero-order valence-corrected chi connectivity index (χ0v) is 14.1. The van der Waals surface area contributed by atoms with Gasteiger partial charge in [-0.15, -0.1) is 0 Å². The number of nitrogen functional groups attached to an aromatic ring is 1. The molecule has 4 N–H and O–H groups in total. The van der Waals surface area contributed by atoms with E-state index in [0.29, 0.717) is 11.5 Å². The first kappa shape index (κ1) is 17.3. The van der Waals surface area contributed by atoms with Gasteiger partial charge in [0.05, 0.1) is 5.92 Å². The number of nitrogens with zero attached hydrogens (tertiary/aromatic N) is 4. The highest BCUT2D eigenvalue weighted by atomic mass is 16.2. The van der Waals surface area contributed by atoms with Crippen LogP contribution >= 0.6 is 0 Å². The average Bonchev–Trinajstić information content (AvgIpc) is 2.63. The molecule has 9 nitrogen and oxygen atoms in total. The number of likely N-dealkylation sites (tertiary alicyclic amines) is 1. The molecule has 1 aliphatic heterocycles. The van der Waals surface area contributed by atoms with Crippen LogP contribution in [0.15, 0.2) is 42.9 Å². The van der Waals surface area contributed by atoms with Gasteiger partial charge < -0.3 is 16.4 Å². The van der Waals surface area contributed by atoms with Crippen LogP contribution in [0.5, 0.6) is 0 Å². The number of rotatable bonds is 4. The van der Waals surface area contributed by atoms with E-state index in [2.05, 4.69) is 9.97 Å². The summed E-state index contributed by atoms with van der Waals surface area (Å²) in [5, 5.41) is 0. The molecule has 1 saturated heterocycles. The summed E-state index contributed by atoms with van der Waals surface area (Å²) in [5.41, 5.74) is 12.3. The van der Waals surface area contributed by atoms with Crippen LogP contribution in [0.2, 0.25) is 0 Å². The van der Waals surface area contributed by atoms with Crippen LogP contribution in [0.25, 0.3) is 0 Å². The van der Waals surface area contributed by atoms with Crippen LogP contribution in [-0.4, -0.2) is 45.8 Å². The number of aromatic nitrogens is 2. The number of β-lactam (4-membered cyclic amide) rings is 1. The van der Waals surface area contributed by atoms with Crippen molar-refractivity contribution in [3.8, 4) is 0 Å². The molecule has 2 aromatic heterocycles. The minimum absolute atomic E-state index is 0.260. The van der Waals surface area contributed by atoms with Crippen molar-refractivity contribution in [2.24, 2.45) is 11.7 Å². The van der Waals surface area contributed by atoms with Gasteiger partial charge in [0.15, 0.2) is 0 Å². The maximum Gasteiger partial charge on any atom is 0.322 e. The fraction of sp³-hybridized carbons (Fsp3) is 0.235. The van der Waals surface area contributed by atoms with Gasteiger partial charge in [-0.1, -0.05) is 0 Å². The lowest BCUT2D eigenvalue weighted by Crippen LogP contribution is -2.70. The Balaban J connectivity index is 1.86. The Kier molecular flexibility index (Phi) is 4.53. The van der Waals surface area contributed by atoms with Crippen molar-refractivity contribution in [2.75, 3.05) is 17.7 Å². The molecule has 4 amide bonds. The first-order valence-corrected chi connectivity index (χ1v) is 7.90. The Morgan fingerprint density at radius 2 is 1.92 bits per heavy atom. The Morgan fingerprint density at radius 3 is 2.54 bits per heavy atom. The van der Waals surface area contributed by atoms with E-state index in [1.165, 1.54) is 11.1 Å². The highest BCUT2D eigenvalue weighted by molar-refractivity contribution is 6.12. The van der Waals surface area contributed by atoms with E-state index in [9.17, 15) is 14.4 Å². The first-order chi connectivity index (χ1) is 12.4. The summed E-state index contributed by atoms with van der Waals surface area (Å²) in [7, 11) is 1.57. The van der Waals surface area contributed by atoms with E-state index in [0.717, 1.165) is 10.5 Å². The minimum atomic E-state index is -0.965. The van der Waals surface area contributed by atoms with Gasteiger partial charge in [-0.2, -0.15) is 0 Å². The lowest BCUT2D eigenvalue weighted by Gasteiger charge is -2.44. The summed E-state index contributed by atoms with van der Waals surface area (Å²) < 4.78 is 0. The van der Waals surface area contributed by atoms with Gasteiger partial charge in [-0.05, 0) is 36.2 Å². The van der Waals surface area contributed by atoms with E-state index in [4.69, 9.17) is 11.5 Å². The average molecular weight is 354 g/mol. The molecule has 0 aromatic carbocycles. The number of amides is 4. The van der Waals surface area contributed by atoms with Crippen molar-refractivity contribution >= 4 is 29.4 Å². The molecule has 26 heavy (non-hydrogen) atoms. The van der Waals surface area contributed by atoms with E-state index >= 15 is 0 Å². The van der Waals surface area contributed by atoms with Crippen molar-refractivity contribution in [1.29, 1.82) is 0 Å². The predicted octanol–water partition coefficient (Wildman–Crippen LogP) is 0.170. The SMILES string of the molecule is CN(C(=O)[C@@H]1[C@@H](Cc2ccnc(N)c2)C(=O)N1C(N)=O)c1ccncc1. The monoisotopic (exact) mass is 354 g/mol. The first-order valence-electron chi connectivity index (χ1n) is 7.90. The third-order valence-corrected chi connectivity index (χ3v) is 4.39. The van der Waals surface area contributed by atoms with Crippen molar-refractivity contribution in [2.45, 2.75) is 12.5 Å². The molecule has 3 rings (SSSR count). The molecule has 2 atom stereocenters. The Hall–Kier alpha value is -3.49. The number of urea groups is 1. The Bertz CT molecular complexity index is 857. The normalized spacial score (nSPS) is 19.0. The summed E-state index contributed by atoms with van der Waals surface area (Å²) in [4.78, 5) is 46.9. The number of likely N-dealkylation sites (N-methyl/N-ethyl adjacent to an activating group) is 1. The number of hydrogen-bond acceptors (Lipinski definition) is 6. The standard InChI is InChI=1S/C17H18N6O3/c1-22(11-3-5-20-6-4-11)16(25)14-12(15(24)23(14)17(19)26)8-10-2-7-21-13(18)9-10/h2-7,9,12,14H,8H2,1H3,(H2,18,21)(H2,19,26)/t12-,14+/m1/s1. The van der Waals surface area contributed by atoms with Gasteiger partial charge in [0, 0.05) is 31.3 Å². The van der Waals surface area contributed by atoms with Gasteiger partial charge in [-0.25, -0.2) is 9.78 Å². The van der Waals surface area contributed by atoms with E-state index in [1.54, 1.807) is 43.7 Å². The molecule has 0 spiro atoms. The topological polar surface area (TPSA) is 136 Å². The summed E-state index contributed by atoms with van der Waals surface area (Å²) in [6.07, 6.45) is 4.89. The molecule has 134 valence electrons. The fourth-order valence-electron chi connectivity index (χ4n) is 3.04. The third-order valence-electron chi connectivity index (χ3n) is 4.39. The van der Waals surface area contributed by atoms with Gasteiger partial charge in [0.2, 0.25) is 5.91 Å². The van der Waals surface area contributed by atoms with Crippen LogP contribution in [0, 0.1) is 5.92 Å². The largest absolute Gasteiger partial charge is 0.384 e. The number of carbonyl (C=O) groups is 3. The van der Waals surface area contributed by atoms with Crippen LogP contribution in [0.1, 0.15) is 5.56 Å². The lowest BCUT2D eigenvalue weighted by molar-refractivity contribution is -0.156. The highest BCUT2D eigenvalue weighted by Gasteiger charge is 2.54. The number of anilines is 2. The van der Waals surface area contributed by atoms with Crippen molar-refractivity contribution in [1.82, 2.24) is 14.9 Å². The molecule has 1 aliphatic rings. The molecule has 2 aromatic rings. The van der Waals surface area contributed by atoms with Gasteiger partial charge in [0.25, 0.3) is 5.91 Å². The summed E-state index contributed by atoms with van der Waals surface area (Å²) in [5.74, 6) is -1.25. The van der Waals surface area contributed by atoms with Crippen molar-refractivity contribution in [3.05, 3.63) is 48.4 Å². The molecule has 0 saturated carbocycles. The number of primary amides is 1. The second-order valence-corrected chi connectivity index (χ2v) is 5.99. The van der Waals surface area contributed by atoms with Gasteiger partial charge >= 0.3 is 6.03 Å². The zero-order chi connectivity index (χ0) is 18.8. The molecule has 0 aliphatic carbocycles. The number of imide groups is 1. The summed E-state index contributed by atoms with van der Waals surface area (Å²) in [6.45, 7) is 0. The predicted molar refractivity (Wildman–Crippen MR) is 93.7 cm³/mol. The molecule has 0 bridgehead atoms. The number of pyridine rings is 2. The zero-order valence-electron chi connectivity index (χ0n) is 14.1. The van der Waals surface area contributed by atoms with E-state index in [1.807, 2.05) is 0 Å². The van der Waals surface area contributed by atoms with Crippen LogP contribution < -0.4 is 16.4 Å². The molecule has 3 heterocycles. The minimum Gasteiger partial charge on any atom is -0.384 e. The van der Waals surface area contributed by atoms with E-state index < -0.39 is 29.8 Å². The molecular weight excluding hydrogens is 336 g/mol. The molecule has 9 heteroatoms. The van der Waals surface area contributed by atoms with Crippen LogP contribution in [0.3, 0.4) is 0 Å². The van der Waals surface area contributed by atoms with Crippen molar-refractivity contribution < 1.29 is 14.4 Å². The molecule has 0 unspecified atom stereocenters.